The highest BCUT2D eigenvalue weighted by Gasteiger charge is 2.38. The maximum Gasteiger partial charge on any atom is 0.162 e. The smallest absolute Gasteiger partial charge is 0.162 e. The van der Waals surface area contributed by atoms with E-state index in [1.165, 1.54) is 12.1 Å². The molecule has 1 aliphatic heterocycles. The van der Waals surface area contributed by atoms with E-state index in [-0.39, 0.29) is 17.8 Å². The van der Waals surface area contributed by atoms with E-state index < -0.39 is 17.0 Å². The summed E-state index contributed by atoms with van der Waals surface area (Å²) in [6.45, 7) is 3.62. The molecular formula is C16H21F2NO. The summed E-state index contributed by atoms with van der Waals surface area (Å²) in [4.78, 5) is 12.6. The minimum atomic E-state index is -0.892. The van der Waals surface area contributed by atoms with Crippen molar-refractivity contribution in [2.75, 3.05) is 13.1 Å². The zero-order chi connectivity index (χ0) is 14.6. The van der Waals surface area contributed by atoms with E-state index in [0.29, 0.717) is 6.54 Å². The highest BCUT2D eigenvalue weighted by atomic mass is 19.2. The average molecular weight is 281 g/mol. The molecule has 1 fully saturated rings. The maximum atomic E-state index is 13.7. The lowest BCUT2D eigenvalue weighted by molar-refractivity contribution is -0.129. The standard InChI is InChI=1S/C16H21F2NO/c1-2-7-16(8-4-9-19-11-16)14(20)10-12-5-3-6-13(17)15(12)18/h3,5-6,19H,2,4,7-11H2,1H3. The number of benzene rings is 1. The third-order valence-corrected chi connectivity index (χ3v) is 4.17. The first-order valence-corrected chi connectivity index (χ1v) is 7.26. The molecule has 0 amide bonds. The van der Waals surface area contributed by atoms with Gasteiger partial charge in [-0.1, -0.05) is 25.5 Å². The van der Waals surface area contributed by atoms with Crippen molar-refractivity contribution >= 4 is 5.78 Å². The Morgan fingerprint density at radius 2 is 2.20 bits per heavy atom. The number of carbonyl (C=O) groups is 1. The van der Waals surface area contributed by atoms with E-state index in [1.54, 1.807) is 0 Å². The molecule has 0 spiro atoms. The Balaban J connectivity index is 2.18. The highest BCUT2D eigenvalue weighted by molar-refractivity contribution is 5.87. The molecule has 0 bridgehead atoms. The van der Waals surface area contributed by atoms with E-state index in [0.717, 1.165) is 38.3 Å². The molecule has 20 heavy (non-hydrogen) atoms. The molecule has 0 aromatic heterocycles. The van der Waals surface area contributed by atoms with Crippen LogP contribution in [0.4, 0.5) is 8.78 Å². The lowest BCUT2D eigenvalue weighted by Gasteiger charge is -2.36. The quantitative estimate of drug-likeness (QED) is 0.897. The Morgan fingerprint density at radius 1 is 1.40 bits per heavy atom. The van der Waals surface area contributed by atoms with Gasteiger partial charge in [-0.25, -0.2) is 8.78 Å². The van der Waals surface area contributed by atoms with Crippen molar-refractivity contribution in [3.05, 3.63) is 35.4 Å². The summed E-state index contributed by atoms with van der Waals surface area (Å²) in [6.07, 6.45) is 3.49. The van der Waals surface area contributed by atoms with Gasteiger partial charge >= 0.3 is 0 Å². The second kappa shape index (κ2) is 6.44. The lowest BCUT2D eigenvalue weighted by Crippen LogP contribution is -2.46. The molecule has 1 aliphatic rings. The van der Waals surface area contributed by atoms with Crippen LogP contribution in [-0.4, -0.2) is 18.9 Å². The van der Waals surface area contributed by atoms with Crippen LogP contribution in [0.2, 0.25) is 0 Å². The maximum absolute atomic E-state index is 13.7. The predicted molar refractivity (Wildman–Crippen MR) is 74.5 cm³/mol. The van der Waals surface area contributed by atoms with Gasteiger partial charge in [-0.15, -0.1) is 0 Å². The number of rotatable bonds is 5. The predicted octanol–water partition coefficient (Wildman–Crippen LogP) is 3.25. The van der Waals surface area contributed by atoms with Crippen LogP contribution in [0.5, 0.6) is 0 Å². The van der Waals surface area contributed by atoms with Gasteiger partial charge in [-0.05, 0) is 37.4 Å². The fourth-order valence-electron chi connectivity index (χ4n) is 3.08. The lowest BCUT2D eigenvalue weighted by atomic mass is 9.72. The molecule has 0 saturated carbocycles. The first kappa shape index (κ1) is 15.1. The molecule has 110 valence electrons. The van der Waals surface area contributed by atoms with Gasteiger partial charge in [0.05, 0.1) is 0 Å². The molecule has 1 aromatic carbocycles. The van der Waals surface area contributed by atoms with Crippen molar-refractivity contribution in [1.29, 1.82) is 0 Å². The van der Waals surface area contributed by atoms with Crippen molar-refractivity contribution in [2.45, 2.75) is 39.0 Å². The van der Waals surface area contributed by atoms with Crippen LogP contribution in [0.15, 0.2) is 18.2 Å². The molecule has 0 aliphatic carbocycles. The Kier molecular flexibility index (Phi) is 4.86. The third-order valence-electron chi connectivity index (χ3n) is 4.17. The summed E-state index contributed by atoms with van der Waals surface area (Å²) in [5.74, 6) is -1.76. The van der Waals surface area contributed by atoms with Crippen LogP contribution >= 0.6 is 0 Å². The normalized spacial score (nSPS) is 22.8. The van der Waals surface area contributed by atoms with Gasteiger partial charge in [0.15, 0.2) is 11.6 Å². The van der Waals surface area contributed by atoms with E-state index >= 15 is 0 Å². The summed E-state index contributed by atoms with van der Waals surface area (Å²) < 4.78 is 26.9. The van der Waals surface area contributed by atoms with E-state index in [9.17, 15) is 13.6 Å². The molecule has 2 rings (SSSR count). The summed E-state index contributed by atoms with van der Waals surface area (Å²) in [7, 11) is 0. The minimum absolute atomic E-state index is 0.0225. The molecule has 2 nitrogen and oxygen atoms in total. The summed E-state index contributed by atoms with van der Waals surface area (Å²) in [5, 5.41) is 3.26. The zero-order valence-corrected chi connectivity index (χ0v) is 11.8. The molecular weight excluding hydrogens is 260 g/mol. The van der Waals surface area contributed by atoms with Gasteiger partial charge in [0.2, 0.25) is 0 Å². The van der Waals surface area contributed by atoms with Crippen molar-refractivity contribution in [1.82, 2.24) is 5.32 Å². The number of ketones is 1. The van der Waals surface area contributed by atoms with Crippen LogP contribution in [-0.2, 0) is 11.2 Å². The Morgan fingerprint density at radius 3 is 2.85 bits per heavy atom. The molecule has 1 unspecified atom stereocenters. The van der Waals surface area contributed by atoms with Crippen molar-refractivity contribution < 1.29 is 13.6 Å². The highest BCUT2D eigenvalue weighted by Crippen LogP contribution is 2.34. The number of carbonyl (C=O) groups excluding carboxylic acids is 1. The van der Waals surface area contributed by atoms with Gasteiger partial charge < -0.3 is 5.32 Å². The van der Waals surface area contributed by atoms with Gasteiger partial charge in [0.25, 0.3) is 0 Å². The topological polar surface area (TPSA) is 29.1 Å². The zero-order valence-electron chi connectivity index (χ0n) is 11.8. The van der Waals surface area contributed by atoms with Crippen molar-refractivity contribution in [3.63, 3.8) is 0 Å². The number of Topliss-reactive ketones (excluding diaryl/α,β-unsaturated/α-hetero) is 1. The number of hydrogen-bond acceptors (Lipinski definition) is 2. The number of piperidine rings is 1. The fraction of sp³-hybridized carbons (Fsp3) is 0.562. The largest absolute Gasteiger partial charge is 0.316 e. The van der Waals surface area contributed by atoms with E-state index in [1.807, 2.05) is 6.92 Å². The van der Waals surface area contributed by atoms with Crippen LogP contribution < -0.4 is 5.32 Å². The second-order valence-corrected chi connectivity index (χ2v) is 5.62. The summed E-state index contributed by atoms with van der Waals surface area (Å²) >= 11 is 0. The Labute approximate surface area is 118 Å². The number of nitrogens with one attached hydrogen (secondary N) is 1. The molecule has 1 aromatic rings. The minimum Gasteiger partial charge on any atom is -0.316 e. The van der Waals surface area contributed by atoms with E-state index in [4.69, 9.17) is 0 Å². The van der Waals surface area contributed by atoms with Crippen molar-refractivity contribution in [2.24, 2.45) is 5.41 Å². The molecule has 4 heteroatoms. The van der Waals surface area contributed by atoms with Gasteiger partial charge in [0.1, 0.15) is 5.78 Å². The van der Waals surface area contributed by atoms with Gasteiger partial charge in [-0.3, -0.25) is 4.79 Å². The van der Waals surface area contributed by atoms with Crippen LogP contribution in [0.1, 0.15) is 38.2 Å². The van der Waals surface area contributed by atoms with Crippen LogP contribution in [0, 0.1) is 17.0 Å². The number of halogens is 2. The summed E-state index contributed by atoms with van der Waals surface area (Å²) in [6, 6.07) is 4.02. The summed E-state index contributed by atoms with van der Waals surface area (Å²) in [5.41, 5.74) is -0.248. The number of hydrogen-bond donors (Lipinski definition) is 1. The fourth-order valence-corrected chi connectivity index (χ4v) is 3.08. The first-order chi connectivity index (χ1) is 9.59. The van der Waals surface area contributed by atoms with Crippen molar-refractivity contribution in [3.8, 4) is 0 Å². The Bertz CT molecular complexity index is 476. The van der Waals surface area contributed by atoms with Crippen LogP contribution in [0.3, 0.4) is 0 Å². The molecule has 1 heterocycles. The average Bonchev–Trinajstić information content (AvgIpc) is 2.45. The molecule has 1 atom stereocenters. The molecule has 0 radical (unpaired) electrons. The molecule has 1 saturated heterocycles. The third kappa shape index (κ3) is 3.06. The SMILES string of the molecule is CCCC1(C(=O)Cc2cccc(F)c2F)CCCNC1. The second-order valence-electron chi connectivity index (χ2n) is 5.62. The molecule has 1 N–H and O–H groups in total. The monoisotopic (exact) mass is 281 g/mol. The van der Waals surface area contributed by atoms with Crippen LogP contribution in [0.25, 0.3) is 0 Å². The van der Waals surface area contributed by atoms with Gasteiger partial charge in [0, 0.05) is 18.4 Å². The Hall–Kier alpha value is -1.29. The van der Waals surface area contributed by atoms with E-state index in [2.05, 4.69) is 5.32 Å². The first-order valence-electron chi connectivity index (χ1n) is 7.26. The van der Waals surface area contributed by atoms with Gasteiger partial charge in [-0.2, -0.15) is 0 Å².